The Morgan fingerprint density at radius 2 is 1.96 bits per heavy atom. The maximum Gasteiger partial charge on any atom is 0.304 e. The fraction of sp³-hybridized carbons (Fsp3) is 0.412. The lowest BCUT2D eigenvalue weighted by Crippen LogP contribution is -2.35. The summed E-state index contributed by atoms with van der Waals surface area (Å²) < 4.78 is 28.7. The molecule has 2 aromatic rings. The highest BCUT2D eigenvalue weighted by Gasteiger charge is 2.23. The standard InChI is InChI=1S/C17H21N3O5S2/c1-27(23,24)16-10-15(20(21)22)17(26-16)18-11-13-3-2-4-14(9-13)12-19-5-7-25-8-6-19/h2-4,9-10,18H,5-8,11-12H2,1H3. The molecule has 0 aliphatic carbocycles. The van der Waals surface area contributed by atoms with Crippen LogP contribution in [0.3, 0.4) is 0 Å². The Balaban J connectivity index is 1.70. The molecule has 1 N–H and O–H groups in total. The largest absolute Gasteiger partial charge is 0.379 e. The lowest BCUT2D eigenvalue weighted by Gasteiger charge is -2.26. The van der Waals surface area contributed by atoms with Crippen molar-refractivity contribution in [2.24, 2.45) is 0 Å². The molecule has 2 heterocycles. The maximum atomic E-state index is 11.7. The second kappa shape index (κ2) is 8.34. The lowest BCUT2D eigenvalue weighted by atomic mass is 10.1. The number of anilines is 1. The van der Waals surface area contributed by atoms with Crippen molar-refractivity contribution in [1.29, 1.82) is 0 Å². The topological polar surface area (TPSA) is 102 Å². The van der Waals surface area contributed by atoms with Gasteiger partial charge in [-0.05, 0) is 11.1 Å². The van der Waals surface area contributed by atoms with Crippen LogP contribution in [0.15, 0.2) is 34.5 Å². The highest BCUT2D eigenvalue weighted by atomic mass is 32.2. The first-order chi connectivity index (χ1) is 12.8. The third-order valence-electron chi connectivity index (χ3n) is 4.21. The fourth-order valence-corrected chi connectivity index (χ4v) is 4.78. The molecule has 3 rings (SSSR count). The van der Waals surface area contributed by atoms with E-state index in [1.54, 1.807) is 0 Å². The first kappa shape index (κ1) is 19.7. The minimum Gasteiger partial charge on any atom is -0.379 e. The van der Waals surface area contributed by atoms with Gasteiger partial charge in [-0.15, -0.1) is 0 Å². The molecule has 10 heteroatoms. The van der Waals surface area contributed by atoms with Crippen LogP contribution >= 0.6 is 11.3 Å². The molecule has 1 aliphatic heterocycles. The zero-order chi connectivity index (χ0) is 19.4. The van der Waals surface area contributed by atoms with E-state index in [-0.39, 0.29) is 14.9 Å². The summed E-state index contributed by atoms with van der Waals surface area (Å²) in [4.78, 5) is 13.0. The van der Waals surface area contributed by atoms with E-state index in [0.29, 0.717) is 6.54 Å². The number of sulfone groups is 1. The molecule has 1 saturated heterocycles. The molecule has 1 fully saturated rings. The zero-order valence-corrected chi connectivity index (χ0v) is 16.5. The van der Waals surface area contributed by atoms with Crippen LogP contribution in [-0.4, -0.2) is 50.8 Å². The van der Waals surface area contributed by atoms with E-state index >= 15 is 0 Å². The van der Waals surface area contributed by atoms with Gasteiger partial charge >= 0.3 is 5.69 Å². The van der Waals surface area contributed by atoms with Crippen LogP contribution in [-0.2, 0) is 27.7 Å². The number of hydrogen-bond donors (Lipinski definition) is 1. The molecule has 27 heavy (non-hydrogen) atoms. The number of nitro groups is 1. The van der Waals surface area contributed by atoms with Gasteiger partial charge in [0.05, 0.1) is 18.1 Å². The van der Waals surface area contributed by atoms with Crippen molar-refractivity contribution < 1.29 is 18.1 Å². The molecule has 0 unspecified atom stereocenters. The smallest absolute Gasteiger partial charge is 0.304 e. The molecule has 146 valence electrons. The van der Waals surface area contributed by atoms with Crippen molar-refractivity contribution in [1.82, 2.24) is 4.90 Å². The van der Waals surface area contributed by atoms with Crippen LogP contribution in [0.25, 0.3) is 0 Å². The summed E-state index contributed by atoms with van der Waals surface area (Å²) in [6, 6.07) is 9.11. The quantitative estimate of drug-likeness (QED) is 0.552. The van der Waals surface area contributed by atoms with Gasteiger partial charge in [0.15, 0.2) is 14.8 Å². The Hall–Kier alpha value is -2.01. The first-order valence-corrected chi connectivity index (χ1v) is 11.1. The van der Waals surface area contributed by atoms with Gasteiger partial charge in [0.1, 0.15) is 4.21 Å². The molecule has 0 bridgehead atoms. The van der Waals surface area contributed by atoms with E-state index in [1.807, 2.05) is 18.2 Å². The highest BCUT2D eigenvalue weighted by Crippen LogP contribution is 2.37. The van der Waals surface area contributed by atoms with Gasteiger partial charge in [0.25, 0.3) is 0 Å². The Labute approximate surface area is 161 Å². The summed E-state index contributed by atoms with van der Waals surface area (Å²) >= 11 is 0.884. The molecular weight excluding hydrogens is 390 g/mol. The van der Waals surface area contributed by atoms with Gasteiger partial charge in [-0.2, -0.15) is 0 Å². The summed E-state index contributed by atoms with van der Waals surface area (Å²) in [5.41, 5.74) is 1.92. The van der Waals surface area contributed by atoms with Crippen molar-refractivity contribution in [3.8, 4) is 0 Å². The Bertz CT molecular complexity index is 920. The van der Waals surface area contributed by atoms with E-state index in [2.05, 4.69) is 16.3 Å². The second-order valence-electron chi connectivity index (χ2n) is 6.37. The molecule has 0 saturated carbocycles. The molecule has 8 nitrogen and oxygen atoms in total. The summed E-state index contributed by atoms with van der Waals surface area (Å²) in [5, 5.41) is 14.5. The van der Waals surface area contributed by atoms with E-state index in [9.17, 15) is 18.5 Å². The van der Waals surface area contributed by atoms with Crippen molar-refractivity contribution in [2.75, 3.05) is 37.9 Å². The van der Waals surface area contributed by atoms with Gasteiger partial charge in [-0.25, -0.2) is 8.42 Å². The van der Waals surface area contributed by atoms with E-state index < -0.39 is 14.8 Å². The molecule has 0 radical (unpaired) electrons. The van der Waals surface area contributed by atoms with Crippen molar-refractivity contribution in [3.63, 3.8) is 0 Å². The zero-order valence-electron chi connectivity index (χ0n) is 14.9. The lowest BCUT2D eigenvalue weighted by molar-refractivity contribution is -0.383. The van der Waals surface area contributed by atoms with Crippen molar-refractivity contribution in [2.45, 2.75) is 17.3 Å². The minimum absolute atomic E-state index is 0.0160. The molecule has 0 atom stereocenters. The SMILES string of the molecule is CS(=O)(=O)c1cc([N+](=O)[O-])c(NCc2cccc(CN3CCOCC3)c2)s1. The first-order valence-electron chi connectivity index (χ1n) is 8.43. The average Bonchev–Trinajstić information content (AvgIpc) is 3.06. The molecule has 0 spiro atoms. The third kappa shape index (κ3) is 5.25. The van der Waals surface area contributed by atoms with Gasteiger partial charge in [0.2, 0.25) is 0 Å². The van der Waals surface area contributed by atoms with Gasteiger partial charge in [-0.1, -0.05) is 35.6 Å². The Morgan fingerprint density at radius 1 is 1.26 bits per heavy atom. The summed E-state index contributed by atoms with van der Waals surface area (Å²) in [6.45, 7) is 4.49. The maximum absolute atomic E-state index is 11.7. The Kier molecular flexibility index (Phi) is 6.10. The number of rotatable bonds is 7. The summed E-state index contributed by atoms with van der Waals surface area (Å²) in [5.74, 6) is 0. The van der Waals surface area contributed by atoms with Crippen molar-refractivity contribution >= 4 is 31.9 Å². The number of hydrogen-bond acceptors (Lipinski definition) is 8. The van der Waals surface area contributed by atoms with Crippen LogP contribution in [0.4, 0.5) is 10.7 Å². The highest BCUT2D eigenvalue weighted by molar-refractivity contribution is 7.92. The molecular formula is C17H21N3O5S2. The predicted molar refractivity (Wildman–Crippen MR) is 104 cm³/mol. The van der Waals surface area contributed by atoms with Crippen LogP contribution in [0.1, 0.15) is 11.1 Å². The summed E-state index contributed by atoms with van der Waals surface area (Å²) in [7, 11) is -3.49. The number of ether oxygens (including phenoxy) is 1. The number of nitrogens with one attached hydrogen (secondary N) is 1. The second-order valence-corrected chi connectivity index (χ2v) is 9.67. The van der Waals surface area contributed by atoms with Gasteiger partial charge in [0, 0.05) is 38.5 Å². The molecule has 1 aromatic carbocycles. The minimum atomic E-state index is -3.49. The number of morpholine rings is 1. The third-order valence-corrected chi connectivity index (χ3v) is 7.09. The van der Waals surface area contributed by atoms with Gasteiger partial charge < -0.3 is 10.1 Å². The number of thiophene rings is 1. The number of benzene rings is 1. The van der Waals surface area contributed by atoms with Crippen LogP contribution in [0.5, 0.6) is 0 Å². The Morgan fingerprint density at radius 3 is 2.63 bits per heavy atom. The normalized spacial score (nSPS) is 15.6. The molecule has 1 aromatic heterocycles. The molecule has 1 aliphatic rings. The fourth-order valence-electron chi connectivity index (χ4n) is 2.84. The van der Waals surface area contributed by atoms with E-state index in [4.69, 9.17) is 4.74 Å². The monoisotopic (exact) mass is 411 g/mol. The van der Waals surface area contributed by atoms with Crippen LogP contribution in [0.2, 0.25) is 0 Å². The van der Waals surface area contributed by atoms with Crippen molar-refractivity contribution in [3.05, 3.63) is 51.6 Å². The predicted octanol–water partition coefficient (Wildman–Crippen LogP) is 2.50. The van der Waals surface area contributed by atoms with Crippen LogP contribution in [0, 0.1) is 10.1 Å². The van der Waals surface area contributed by atoms with Crippen LogP contribution < -0.4 is 5.32 Å². The van der Waals surface area contributed by atoms with E-state index in [1.165, 1.54) is 0 Å². The number of nitrogens with zero attached hydrogens (tertiary/aromatic N) is 2. The van der Waals surface area contributed by atoms with E-state index in [0.717, 1.165) is 67.6 Å². The molecule has 0 amide bonds. The average molecular weight is 412 g/mol. The summed E-state index contributed by atoms with van der Waals surface area (Å²) in [6.07, 6.45) is 1.04. The van der Waals surface area contributed by atoms with Gasteiger partial charge in [-0.3, -0.25) is 15.0 Å².